The van der Waals surface area contributed by atoms with Crippen molar-refractivity contribution in [1.29, 1.82) is 0 Å². The van der Waals surface area contributed by atoms with E-state index in [0.29, 0.717) is 12.5 Å². The molecule has 0 bridgehead atoms. The van der Waals surface area contributed by atoms with Crippen molar-refractivity contribution in [3.8, 4) is 0 Å². The van der Waals surface area contributed by atoms with Crippen LogP contribution in [0.2, 0.25) is 0 Å². The highest BCUT2D eigenvalue weighted by Crippen LogP contribution is 2.21. The second kappa shape index (κ2) is 7.54. The minimum Gasteiger partial charge on any atom is -0.341 e. The summed E-state index contributed by atoms with van der Waals surface area (Å²) in [6, 6.07) is 15.1. The molecule has 0 radical (unpaired) electrons. The summed E-state index contributed by atoms with van der Waals surface area (Å²) in [6.07, 6.45) is 2.85. The molecular formula is C21H27N3O. The maximum atomic E-state index is 12.9. The summed E-state index contributed by atoms with van der Waals surface area (Å²) in [4.78, 5) is 17.6. The van der Waals surface area contributed by atoms with Crippen LogP contribution >= 0.6 is 0 Å². The van der Waals surface area contributed by atoms with Crippen LogP contribution in [-0.4, -0.2) is 61.0 Å². The van der Waals surface area contributed by atoms with Crippen LogP contribution in [0.5, 0.6) is 0 Å². The third-order valence-electron chi connectivity index (χ3n) is 5.64. The van der Waals surface area contributed by atoms with Crippen molar-refractivity contribution in [2.45, 2.75) is 25.3 Å². The fourth-order valence-corrected chi connectivity index (χ4v) is 4.25. The van der Waals surface area contributed by atoms with Crippen molar-refractivity contribution < 1.29 is 4.79 Å². The van der Waals surface area contributed by atoms with Crippen LogP contribution in [0.1, 0.15) is 18.4 Å². The number of carbonyl (C=O) groups excluding carboxylic acids is 1. The number of likely N-dealkylation sites (tertiary alicyclic amines) is 1. The maximum absolute atomic E-state index is 12.9. The molecule has 1 amide bonds. The Morgan fingerprint density at radius 1 is 1.04 bits per heavy atom. The van der Waals surface area contributed by atoms with Crippen LogP contribution in [0.3, 0.4) is 0 Å². The molecule has 2 heterocycles. The third-order valence-corrected chi connectivity index (χ3v) is 5.64. The van der Waals surface area contributed by atoms with E-state index in [-0.39, 0.29) is 5.91 Å². The van der Waals surface area contributed by atoms with E-state index in [2.05, 4.69) is 57.6 Å². The van der Waals surface area contributed by atoms with Crippen LogP contribution < -0.4 is 5.32 Å². The SMILES string of the molecule is O=C(Cc1cccc2ccccc12)N1CCCC(N2CCNCC2)C1. The number of piperazine rings is 1. The second-order valence-electron chi connectivity index (χ2n) is 7.24. The molecule has 1 atom stereocenters. The van der Waals surface area contributed by atoms with Gasteiger partial charge in [0.2, 0.25) is 5.91 Å². The summed E-state index contributed by atoms with van der Waals surface area (Å²) in [7, 11) is 0. The molecule has 2 aromatic carbocycles. The highest BCUT2D eigenvalue weighted by atomic mass is 16.2. The second-order valence-corrected chi connectivity index (χ2v) is 7.24. The lowest BCUT2D eigenvalue weighted by Crippen LogP contribution is -2.55. The molecule has 4 heteroatoms. The number of rotatable bonds is 3. The number of benzene rings is 2. The van der Waals surface area contributed by atoms with Gasteiger partial charge in [-0.1, -0.05) is 42.5 Å². The average molecular weight is 337 g/mol. The van der Waals surface area contributed by atoms with Gasteiger partial charge in [0.25, 0.3) is 0 Å². The number of nitrogens with zero attached hydrogens (tertiary/aromatic N) is 2. The lowest BCUT2D eigenvalue weighted by Gasteiger charge is -2.41. The van der Waals surface area contributed by atoms with E-state index in [1.54, 1.807) is 0 Å². The first-order chi connectivity index (χ1) is 12.3. The Bertz CT molecular complexity index is 734. The van der Waals surface area contributed by atoms with Crippen molar-refractivity contribution in [3.05, 3.63) is 48.0 Å². The number of amides is 1. The Morgan fingerprint density at radius 3 is 2.72 bits per heavy atom. The van der Waals surface area contributed by atoms with Crippen molar-refractivity contribution in [2.75, 3.05) is 39.3 Å². The van der Waals surface area contributed by atoms with Gasteiger partial charge in [-0.2, -0.15) is 0 Å². The quantitative estimate of drug-likeness (QED) is 0.933. The van der Waals surface area contributed by atoms with Gasteiger partial charge in [0.05, 0.1) is 6.42 Å². The Labute approximate surface area is 149 Å². The van der Waals surface area contributed by atoms with Gasteiger partial charge in [-0.05, 0) is 29.2 Å². The molecule has 0 saturated carbocycles. The molecule has 0 spiro atoms. The van der Waals surface area contributed by atoms with E-state index < -0.39 is 0 Å². The number of hydrogen-bond donors (Lipinski definition) is 1. The summed E-state index contributed by atoms with van der Waals surface area (Å²) in [5.74, 6) is 0.274. The van der Waals surface area contributed by atoms with Gasteiger partial charge in [0.15, 0.2) is 0 Å². The third kappa shape index (κ3) is 3.70. The molecule has 4 nitrogen and oxygen atoms in total. The normalized spacial score (nSPS) is 22.2. The fourth-order valence-electron chi connectivity index (χ4n) is 4.25. The zero-order valence-corrected chi connectivity index (χ0v) is 14.8. The van der Waals surface area contributed by atoms with E-state index >= 15 is 0 Å². The molecule has 0 aromatic heterocycles. The zero-order chi connectivity index (χ0) is 17.1. The maximum Gasteiger partial charge on any atom is 0.227 e. The Morgan fingerprint density at radius 2 is 1.84 bits per heavy atom. The fraction of sp³-hybridized carbons (Fsp3) is 0.476. The number of hydrogen-bond acceptors (Lipinski definition) is 3. The Hall–Kier alpha value is -1.91. The van der Waals surface area contributed by atoms with E-state index in [9.17, 15) is 4.79 Å². The smallest absolute Gasteiger partial charge is 0.227 e. The molecule has 2 aromatic rings. The van der Waals surface area contributed by atoms with Crippen molar-refractivity contribution in [2.24, 2.45) is 0 Å². The first kappa shape index (κ1) is 16.6. The topological polar surface area (TPSA) is 35.6 Å². The van der Waals surface area contributed by atoms with Gasteiger partial charge in [-0.25, -0.2) is 0 Å². The monoisotopic (exact) mass is 337 g/mol. The molecule has 0 aliphatic carbocycles. The van der Waals surface area contributed by atoms with Crippen molar-refractivity contribution in [3.63, 3.8) is 0 Å². The van der Waals surface area contributed by atoms with Gasteiger partial charge >= 0.3 is 0 Å². The zero-order valence-electron chi connectivity index (χ0n) is 14.8. The molecule has 2 aliphatic heterocycles. The number of fused-ring (bicyclic) bond motifs is 1. The summed E-state index contributed by atoms with van der Waals surface area (Å²) >= 11 is 0. The number of nitrogens with one attached hydrogen (secondary N) is 1. The molecule has 2 fully saturated rings. The molecule has 2 aliphatic rings. The average Bonchev–Trinajstić information content (AvgIpc) is 2.69. The Kier molecular flexibility index (Phi) is 4.99. The van der Waals surface area contributed by atoms with Gasteiger partial charge in [0, 0.05) is 45.3 Å². The summed E-state index contributed by atoms with van der Waals surface area (Å²) in [5.41, 5.74) is 1.15. The van der Waals surface area contributed by atoms with Crippen molar-refractivity contribution >= 4 is 16.7 Å². The molecule has 1 unspecified atom stereocenters. The van der Waals surface area contributed by atoms with Gasteiger partial charge in [-0.15, -0.1) is 0 Å². The number of carbonyl (C=O) groups is 1. The predicted octanol–water partition coefficient (Wildman–Crippen LogP) is 2.28. The molecule has 2 saturated heterocycles. The highest BCUT2D eigenvalue weighted by Gasteiger charge is 2.28. The lowest BCUT2D eigenvalue weighted by molar-refractivity contribution is -0.132. The van der Waals surface area contributed by atoms with Gasteiger partial charge < -0.3 is 10.2 Å². The Balaban J connectivity index is 1.45. The minimum absolute atomic E-state index is 0.274. The van der Waals surface area contributed by atoms with Crippen LogP contribution in [-0.2, 0) is 11.2 Å². The van der Waals surface area contributed by atoms with Gasteiger partial charge in [-0.3, -0.25) is 9.69 Å². The van der Waals surface area contributed by atoms with Crippen molar-refractivity contribution in [1.82, 2.24) is 15.1 Å². The van der Waals surface area contributed by atoms with E-state index in [0.717, 1.165) is 51.3 Å². The minimum atomic E-state index is 0.274. The summed E-state index contributed by atoms with van der Waals surface area (Å²) in [5, 5.41) is 5.83. The molecule has 25 heavy (non-hydrogen) atoms. The highest BCUT2D eigenvalue weighted by molar-refractivity contribution is 5.90. The molecule has 4 rings (SSSR count). The predicted molar refractivity (Wildman–Crippen MR) is 102 cm³/mol. The lowest BCUT2D eigenvalue weighted by atomic mass is 9.99. The largest absolute Gasteiger partial charge is 0.341 e. The first-order valence-corrected chi connectivity index (χ1v) is 9.50. The molecule has 1 N–H and O–H groups in total. The van der Waals surface area contributed by atoms with E-state index in [1.165, 1.54) is 17.2 Å². The van der Waals surface area contributed by atoms with Gasteiger partial charge in [0.1, 0.15) is 0 Å². The van der Waals surface area contributed by atoms with Crippen LogP contribution in [0.25, 0.3) is 10.8 Å². The van der Waals surface area contributed by atoms with E-state index in [4.69, 9.17) is 0 Å². The molecule has 132 valence electrons. The number of piperidine rings is 1. The summed E-state index contributed by atoms with van der Waals surface area (Å²) < 4.78 is 0. The first-order valence-electron chi connectivity index (χ1n) is 9.50. The summed E-state index contributed by atoms with van der Waals surface area (Å²) in [6.45, 7) is 6.16. The van der Waals surface area contributed by atoms with Crippen LogP contribution in [0.4, 0.5) is 0 Å². The van der Waals surface area contributed by atoms with Crippen LogP contribution in [0.15, 0.2) is 42.5 Å². The van der Waals surface area contributed by atoms with E-state index in [1.807, 2.05) is 0 Å². The molecular weight excluding hydrogens is 310 g/mol. The standard InChI is InChI=1S/C21H27N3O/c25-21(15-18-7-3-6-17-5-1-2-9-20(17)18)24-12-4-8-19(16-24)23-13-10-22-11-14-23/h1-3,5-7,9,19,22H,4,8,10-16H2. The van der Waals surface area contributed by atoms with Crippen LogP contribution in [0, 0.1) is 0 Å².